The number of hydroxylamine groups is 2. The average molecular weight is 306 g/mol. The number of amides is 1. The van der Waals surface area contributed by atoms with Crippen LogP contribution >= 0.6 is 0 Å². The van der Waals surface area contributed by atoms with Crippen LogP contribution in [0, 0.1) is 11.3 Å². The first kappa shape index (κ1) is 16.1. The molecule has 2 atom stereocenters. The van der Waals surface area contributed by atoms with Gasteiger partial charge in [0.05, 0.1) is 18.2 Å². The van der Waals surface area contributed by atoms with Crippen molar-refractivity contribution in [2.75, 3.05) is 6.61 Å². The molecule has 1 aliphatic rings. The van der Waals surface area contributed by atoms with Crippen molar-refractivity contribution in [3.05, 3.63) is 29.3 Å². The highest BCUT2D eigenvalue weighted by molar-refractivity contribution is 5.67. The number of nitriles is 1. The molecule has 0 fully saturated rings. The summed E-state index contributed by atoms with van der Waals surface area (Å²) in [6, 6.07) is 5.50. The minimum Gasteiger partial charge on any atom is -0.485 e. The van der Waals surface area contributed by atoms with E-state index >= 15 is 0 Å². The first-order valence-electron chi connectivity index (χ1n) is 6.87. The summed E-state index contributed by atoms with van der Waals surface area (Å²) in [4.78, 5) is 11.8. The van der Waals surface area contributed by atoms with Crippen LogP contribution in [-0.2, 0) is 4.74 Å². The van der Waals surface area contributed by atoms with Gasteiger partial charge in [-0.2, -0.15) is 10.3 Å². The topological polar surface area (TPSA) is 103 Å². The molecule has 0 unspecified atom stereocenters. The second-order valence-electron chi connectivity index (χ2n) is 5.50. The van der Waals surface area contributed by atoms with Crippen molar-refractivity contribution >= 4 is 6.09 Å². The average Bonchev–Trinajstić information content (AvgIpc) is 2.47. The highest BCUT2D eigenvalue weighted by Gasteiger charge is 2.47. The molecule has 0 saturated heterocycles. The standard InChI is InChI=1S/C15H18N2O5/c1-4-21-14(19)17(20)12-10-7-9(8-16)5-6-11(10)22-15(2,3)13(12)18/h5-7,12-13,18,20H,4H2,1-3H3/t12-,13+/m0/s1. The molecule has 1 heterocycles. The largest absolute Gasteiger partial charge is 0.485 e. The van der Waals surface area contributed by atoms with Gasteiger partial charge in [-0.25, -0.2) is 4.79 Å². The molecule has 2 rings (SSSR count). The Labute approximate surface area is 128 Å². The van der Waals surface area contributed by atoms with Gasteiger partial charge >= 0.3 is 6.09 Å². The smallest absolute Gasteiger partial charge is 0.434 e. The third kappa shape index (κ3) is 2.71. The van der Waals surface area contributed by atoms with Crippen LogP contribution in [0.15, 0.2) is 18.2 Å². The van der Waals surface area contributed by atoms with Gasteiger partial charge in [0.25, 0.3) is 0 Å². The van der Waals surface area contributed by atoms with Crippen LogP contribution < -0.4 is 4.74 Å². The molecule has 1 aliphatic heterocycles. The van der Waals surface area contributed by atoms with E-state index in [0.29, 0.717) is 21.9 Å². The molecule has 1 amide bonds. The molecule has 0 aliphatic carbocycles. The normalized spacial score (nSPS) is 22.0. The lowest BCUT2D eigenvalue weighted by atomic mass is 9.86. The van der Waals surface area contributed by atoms with E-state index in [1.54, 1.807) is 32.9 Å². The van der Waals surface area contributed by atoms with Crippen LogP contribution in [0.5, 0.6) is 5.75 Å². The fraction of sp³-hybridized carbons (Fsp3) is 0.467. The molecule has 22 heavy (non-hydrogen) atoms. The summed E-state index contributed by atoms with van der Waals surface area (Å²) >= 11 is 0. The number of aliphatic hydroxyl groups excluding tert-OH is 1. The molecular weight excluding hydrogens is 288 g/mol. The van der Waals surface area contributed by atoms with Crippen LogP contribution in [-0.4, -0.2) is 39.8 Å². The summed E-state index contributed by atoms with van der Waals surface area (Å²) in [5, 5.41) is 30.0. The molecule has 0 saturated carbocycles. The van der Waals surface area contributed by atoms with Crippen LogP contribution in [0.4, 0.5) is 4.79 Å². The predicted molar refractivity (Wildman–Crippen MR) is 75.3 cm³/mol. The van der Waals surface area contributed by atoms with Crippen LogP contribution in [0.25, 0.3) is 0 Å². The first-order valence-corrected chi connectivity index (χ1v) is 6.87. The van der Waals surface area contributed by atoms with Gasteiger partial charge in [0, 0.05) is 5.56 Å². The molecule has 0 bridgehead atoms. The van der Waals surface area contributed by atoms with Crippen molar-refractivity contribution in [1.82, 2.24) is 5.06 Å². The molecule has 0 aromatic heterocycles. The monoisotopic (exact) mass is 306 g/mol. The zero-order valence-electron chi connectivity index (χ0n) is 12.6. The quantitative estimate of drug-likeness (QED) is 0.639. The Bertz CT molecular complexity index is 623. The minimum absolute atomic E-state index is 0.0870. The number of aliphatic hydroxyl groups is 1. The Kier molecular flexibility index (Phi) is 4.26. The Hall–Kier alpha value is -2.30. The summed E-state index contributed by atoms with van der Waals surface area (Å²) in [6.45, 7) is 4.98. The van der Waals surface area contributed by atoms with Crippen molar-refractivity contribution in [3.8, 4) is 11.8 Å². The van der Waals surface area contributed by atoms with Gasteiger partial charge in [-0.15, -0.1) is 0 Å². The third-order valence-electron chi connectivity index (χ3n) is 3.56. The number of hydrogen-bond acceptors (Lipinski definition) is 6. The van der Waals surface area contributed by atoms with E-state index < -0.39 is 23.8 Å². The number of carbonyl (C=O) groups excluding carboxylic acids is 1. The molecule has 7 heteroatoms. The zero-order valence-corrected chi connectivity index (χ0v) is 12.6. The van der Waals surface area contributed by atoms with Crippen molar-refractivity contribution < 1.29 is 24.6 Å². The second-order valence-corrected chi connectivity index (χ2v) is 5.50. The van der Waals surface area contributed by atoms with E-state index in [1.807, 2.05) is 6.07 Å². The zero-order chi connectivity index (χ0) is 16.5. The Balaban J connectivity index is 2.51. The first-order chi connectivity index (χ1) is 10.3. The van der Waals surface area contributed by atoms with E-state index in [-0.39, 0.29) is 6.61 Å². The van der Waals surface area contributed by atoms with E-state index in [1.165, 1.54) is 6.07 Å². The fourth-order valence-electron chi connectivity index (χ4n) is 2.40. The number of hydrogen-bond donors (Lipinski definition) is 2. The number of carbonyl (C=O) groups is 1. The maximum atomic E-state index is 11.8. The maximum absolute atomic E-state index is 11.8. The maximum Gasteiger partial charge on any atom is 0.434 e. The molecule has 1 aromatic carbocycles. The van der Waals surface area contributed by atoms with E-state index in [9.17, 15) is 15.1 Å². The number of rotatable bonds is 2. The van der Waals surface area contributed by atoms with Gasteiger partial charge in [0.15, 0.2) is 0 Å². The SMILES string of the molecule is CCOC(=O)N(O)[C@H]1c2cc(C#N)ccc2OC(C)(C)[C@@H]1O. The molecule has 0 spiro atoms. The molecular formula is C15H18N2O5. The molecule has 0 radical (unpaired) electrons. The van der Waals surface area contributed by atoms with Crippen LogP contribution in [0.3, 0.4) is 0 Å². The lowest BCUT2D eigenvalue weighted by Crippen LogP contribution is -2.54. The summed E-state index contributed by atoms with van der Waals surface area (Å²) in [6.07, 6.45) is -2.18. The van der Waals surface area contributed by atoms with Crippen LogP contribution in [0.2, 0.25) is 0 Å². The summed E-state index contributed by atoms with van der Waals surface area (Å²) < 4.78 is 10.5. The van der Waals surface area contributed by atoms with Crippen molar-refractivity contribution in [1.29, 1.82) is 5.26 Å². The van der Waals surface area contributed by atoms with Gasteiger partial charge < -0.3 is 14.6 Å². The van der Waals surface area contributed by atoms with Gasteiger partial charge in [-0.1, -0.05) is 0 Å². The fourth-order valence-corrected chi connectivity index (χ4v) is 2.40. The van der Waals surface area contributed by atoms with Gasteiger partial charge in [-0.05, 0) is 39.0 Å². The van der Waals surface area contributed by atoms with Gasteiger partial charge in [0.1, 0.15) is 23.5 Å². The number of fused-ring (bicyclic) bond motifs is 1. The number of nitrogens with zero attached hydrogens (tertiary/aromatic N) is 2. The Morgan fingerprint density at radius 2 is 2.23 bits per heavy atom. The van der Waals surface area contributed by atoms with E-state index in [2.05, 4.69) is 0 Å². The second kappa shape index (κ2) is 5.83. The highest BCUT2D eigenvalue weighted by atomic mass is 16.6. The van der Waals surface area contributed by atoms with Crippen LogP contribution in [0.1, 0.15) is 37.9 Å². The molecule has 118 valence electrons. The Morgan fingerprint density at radius 1 is 1.55 bits per heavy atom. The van der Waals surface area contributed by atoms with E-state index in [4.69, 9.17) is 14.7 Å². The predicted octanol–water partition coefficient (Wildman–Crippen LogP) is 1.98. The van der Waals surface area contributed by atoms with Crippen molar-refractivity contribution in [3.63, 3.8) is 0 Å². The van der Waals surface area contributed by atoms with Gasteiger partial charge in [0.2, 0.25) is 0 Å². The minimum atomic E-state index is -1.21. The lowest BCUT2D eigenvalue weighted by molar-refractivity contribution is -0.174. The highest BCUT2D eigenvalue weighted by Crippen LogP contribution is 2.42. The lowest BCUT2D eigenvalue weighted by Gasteiger charge is -2.43. The summed E-state index contributed by atoms with van der Waals surface area (Å²) in [5.74, 6) is 0.391. The van der Waals surface area contributed by atoms with E-state index in [0.717, 1.165) is 0 Å². The van der Waals surface area contributed by atoms with Crippen molar-refractivity contribution in [2.45, 2.75) is 38.5 Å². The summed E-state index contributed by atoms with van der Waals surface area (Å²) in [5.41, 5.74) is -0.350. The molecule has 1 aromatic rings. The molecule has 7 nitrogen and oxygen atoms in total. The number of ether oxygens (including phenoxy) is 2. The summed E-state index contributed by atoms with van der Waals surface area (Å²) in [7, 11) is 0. The third-order valence-corrected chi connectivity index (χ3v) is 3.56. The van der Waals surface area contributed by atoms with Gasteiger partial charge in [-0.3, -0.25) is 5.21 Å². The molecule has 2 N–H and O–H groups in total. The Morgan fingerprint density at radius 3 is 2.82 bits per heavy atom. The van der Waals surface area contributed by atoms with Crippen molar-refractivity contribution in [2.24, 2.45) is 0 Å². The number of benzene rings is 1.